The Morgan fingerprint density at radius 2 is 1.89 bits per heavy atom. The summed E-state index contributed by atoms with van der Waals surface area (Å²) in [6.45, 7) is 0. The SMILES string of the molecule is C#Cc1ccc(-c2ccc([N+](=O)[O-])cc2S)c(N)c1. The first-order valence-corrected chi connectivity index (χ1v) is 5.81. The maximum absolute atomic E-state index is 10.7. The summed E-state index contributed by atoms with van der Waals surface area (Å²) in [6, 6.07) is 9.67. The predicted octanol–water partition coefficient (Wildman–Crippen LogP) is 3.11. The number of nitrogens with zero attached hydrogens (tertiary/aromatic N) is 1. The van der Waals surface area contributed by atoms with Crippen LogP contribution < -0.4 is 5.73 Å². The van der Waals surface area contributed by atoms with Gasteiger partial charge in [-0.15, -0.1) is 19.1 Å². The Kier molecular flexibility index (Phi) is 3.45. The standard InChI is InChI=1S/C14H10N2O2S/c1-2-9-3-5-11(13(15)7-9)12-6-4-10(16(17)18)8-14(12)19/h1,3-8,19H,15H2. The molecule has 0 spiro atoms. The van der Waals surface area contributed by atoms with Crippen molar-refractivity contribution in [1.82, 2.24) is 0 Å². The molecule has 0 radical (unpaired) electrons. The number of non-ortho nitro benzene ring substituents is 1. The molecule has 0 saturated heterocycles. The number of hydrogen-bond acceptors (Lipinski definition) is 4. The molecular formula is C14H10N2O2S. The van der Waals surface area contributed by atoms with Crippen LogP contribution in [0.2, 0.25) is 0 Å². The second kappa shape index (κ2) is 5.04. The van der Waals surface area contributed by atoms with Crippen molar-refractivity contribution in [3.8, 4) is 23.5 Å². The van der Waals surface area contributed by atoms with E-state index in [2.05, 4.69) is 18.5 Å². The topological polar surface area (TPSA) is 69.2 Å². The molecule has 0 aliphatic rings. The van der Waals surface area contributed by atoms with Gasteiger partial charge in [-0.3, -0.25) is 10.1 Å². The highest BCUT2D eigenvalue weighted by molar-refractivity contribution is 7.80. The molecular weight excluding hydrogens is 260 g/mol. The number of rotatable bonds is 2. The Labute approximate surface area is 115 Å². The number of nitrogen functional groups attached to an aromatic ring is 1. The Bertz CT molecular complexity index is 705. The molecule has 2 N–H and O–H groups in total. The summed E-state index contributed by atoms with van der Waals surface area (Å²) in [7, 11) is 0. The lowest BCUT2D eigenvalue weighted by Gasteiger charge is -2.09. The van der Waals surface area contributed by atoms with Gasteiger partial charge in [-0.2, -0.15) is 0 Å². The molecule has 0 saturated carbocycles. The van der Waals surface area contributed by atoms with Crippen LogP contribution in [0.4, 0.5) is 11.4 Å². The molecule has 0 fully saturated rings. The third-order valence-corrected chi connectivity index (χ3v) is 3.07. The van der Waals surface area contributed by atoms with Gasteiger partial charge in [-0.1, -0.05) is 12.0 Å². The lowest BCUT2D eigenvalue weighted by molar-refractivity contribution is -0.385. The van der Waals surface area contributed by atoms with Crippen molar-refractivity contribution in [3.05, 3.63) is 52.1 Å². The van der Waals surface area contributed by atoms with Crippen molar-refractivity contribution in [2.75, 3.05) is 5.73 Å². The van der Waals surface area contributed by atoms with E-state index in [1.165, 1.54) is 12.1 Å². The summed E-state index contributed by atoms with van der Waals surface area (Å²) in [4.78, 5) is 10.7. The molecule has 0 heterocycles. The second-order valence-corrected chi connectivity index (χ2v) is 4.39. The van der Waals surface area contributed by atoms with Gasteiger partial charge in [0.15, 0.2) is 0 Å². The zero-order valence-electron chi connectivity index (χ0n) is 9.83. The zero-order valence-corrected chi connectivity index (χ0v) is 10.7. The van der Waals surface area contributed by atoms with Gasteiger partial charge in [0.2, 0.25) is 0 Å². The lowest BCUT2D eigenvalue weighted by atomic mass is 10.0. The fourth-order valence-electron chi connectivity index (χ4n) is 1.76. The van der Waals surface area contributed by atoms with Gasteiger partial charge < -0.3 is 5.73 Å². The molecule has 0 bridgehead atoms. The molecule has 0 aromatic heterocycles. The maximum atomic E-state index is 10.7. The monoisotopic (exact) mass is 270 g/mol. The molecule has 19 heavy (non-hydrogen) atoms. The quantitative estimate of drug-likeness (QED) is 0.289. The van der Waals surface area contributed by atoms with E-state index in [1.54, 1.807) is 24.3 Å². The minimum Gasteiger partial charge on any atom is -0.398 e. The minimum absolute atomic E-state index is 0.00688. The summed E-state index contributed by atoms with van der Waals surface area (Å²) in [5.74, 6) is 2.50. The number of nitro groups is 1. The summed E-state index contributed by atoms with van der Waals surface area (Å²) in [5.41, 5.74) is 8.60. The van der Waals surface area contributed by atoms with Crippen molar-refractivity contribution >= 4 is 24.0 Å². The number of benzene rings is 2. The summed E-state index contributed by atoms with van der Waals surface area (Å²) in [5, 5.41) is 10.7. The molecule has 0 unspecified atom stereocenters. The number of nitro benzene ring substituents is 1. The van der Waals surface area contributed by atoms with Gasteiger partial charge in [-0.05, 0) is 23.8 Å². The third kappa shape index (κ3) is 2.54. The number of thiol groups is 1. The van der Waals surface area contributed by atoms with Gasteiger partial charge in [0.05, 0.1) is 4.92 Å². The molecule has 2 aromatic rings. The largest absolute Gasteiger partial charge is 0.398 e. The first kappa shape index (κ1) is 13.0. The maximum Gasteiger partial charge on any atom is 0.270 e. The summed E-state index contributed by atoms with van der Waals surface area (Å²) in [6.07, 6.45) is 5.29. The van der Waals surface area contributed by atoms with Crippen LogP contribution >= 0.6 is 12.6 Å². The van der Waals surface area contributed by atoms with Crippen molar-refractivity contribution in [2.45, 2.75) is 4.90 Å². The van der Waals surface area contributed by atoms with Crippen LogP contribution in [-0.2, 0) is 0 Å². The van der Waals surface area contributed by atoms with E-state index >= 15 is 0 Å². The lowest BCUT2D eigenvalue weighted by Crippen LogP contribution is -1.93. The molecule has 0 aliphatic heterocycles. The number of nitrogens with two attached hydrogens (primary N) is 1. The average Bonchev–Trinajstić information content (AvgIpc) is 2.39. The van der Waals surface area contributed by atoms with Crippen molar-refractivity contribution in [1.29, 1.82) is 0 Å². The van der Waals surface area contributed by atoms with E-state index in [4.69, 9.17) is 12.2 Å². The molecule has 0 atom stereocenters. The van der Waals surface area contributed by atoms with E-state index in [9.17, 15) is 10.1 Å². The van der Waals surface area contributed by atoms with E-state index in [0.29, 0.717) is 16.1 Å². The highest BCUT2D eigenvalue weighted by Gasteiger charge is 2.11. The van der Waals surface area contributed by atoms with Crippen molar-refractivity contribution in [3.63, 3.8) is 0 Å². The van der Waals surface area contributed by atoms with Gasteiger partial charge in [0.25, 0.3) is 5.69 Å². The Morgan fingerprint density at radius 1 is 1.21 bits per heavy atom. The first-order chi connectivity index (χ1) is 9.02. The van der Waals surface area contributed by atoms with Gasteiger partial charge in [0.1, 0.15) is 0 Å². The normalized spacial score (nSPS) is 9.89. The van der Waals surface area contributed by atoms with E-state index in [-0.39, 0.29) is 5.69 Å². The van der Waals surface area contributed by atoms with Crippen LogP contribution in [0, 0.1) is 22.5 Å². The fourth-order valence-corrected chi connectivity index (χ4v) is 2.09. The van der Waals surface area contributed by atoms with Crippen molar-refractivity contribution < 1.29 is 4.92 Å². The molecule has 2 rings (SSSR count). The van der Waals surface area contributed by atoms with Crippen LogP contribution in [0.3, 0.4) is 0 Å². The van der Waals surface area contributed by atoms with Gasteiger partial charge in [0, 0.05) is 33.8 Å². The molecule has 2 aromatic carbocycles. The van der Waals surface area contributed by atoms with Gasteiger partial charge in [-0.25, -0.2) is 0 Å². The molecule has 5 heteroatoms. The highest BCUT2D eigenvalue weighted by Crippen LogP contribution is 2.33. The Morgan fingerprint density at radius 3 is 2.42 bits per heavy atom. The average molecular weight is 270 g/mol. The smallest absolute Gasteiger partial charge is 0.270 e. The summed E-state index contributed by atoms with van der Waals surface area (Å²) < 4.78 is 0. The fraction of sp³-hybridized carbons (Fsp3) is 0. The number of terminal acetylenes is 1. The zero-order chi connectivity index (χ0) is 14.0. The Balaban J connectivity index is 2.54. The van der Waals surface area contributed by atoms with Crippen LogP contribution in [-0.4, -0.2) is 4.92 Å². The van der Waals surface area contributed by atoms with Gasteiger partial charge >= 0.3 is 0 Å². The third-order valence-electron chi connectivity index (χ3n) is 2.70. The van der Waals surface area contributed by atoms with Crippen LogP contribution in [0.25, 0.3) is 11.1 Å². The summed E-state index contributed by atoms with van der Waals surface area (Å²) >= 11 is 4.27. The molecule has 0 aliphatic carbocycles. The van der Waals surface area contributed by atoms with Crippen LogP contribution in [0.1, 0.15) is 5.56 Å². The Hall–Kier alpha value is -2.45. The van der Waals surface area contributed by atoms with E-state index in [0.717, 1.165) is 11.1 Å². The molecule has 4 nitrogen and oxygen atoms in total. The first-order valence-electron chi connectivity index (χ1n) is 5.37. The van der Waals surface area contributed by atoms with Crippen LogP contribution in [0.15, 0.2) is 41.3 Å². The number of anilines is 1. The molecule has 94 valence electrons. The number of hydrogen-bond donors (Lipinski definition) is 2. The van der Waals surface area contributed by atoms with Crippen molar-refractivity contribution in [2.24, 2.45) is 0 Å². The predicted molar refractivity (Wildman–Crippen MR) is 78.1 cm³/mol. The minimum atomic E-state index is -0.464. The molecule has 0 amide bonds. The second-order valence-electron chi connectivity index (χ2n) is 3.90. The van der Waals surface area contributed by atoms with E-state index < -0.39 is 4.92 Å². The van der Waals surface area contributed by atoms with E-state index in [1.807, 2.05) is 0 Å². The highest BCUT2D eigenvalue weighted by atomic mass is 32.1. The van der Waals surface area contributed by atoms with Crippen LogP contribution in [0.5, 0.6) is 0 Å².